The maximum absolute atomic E-state index is 12.1. The number of thiophene rings is 1. The van der Waals surface area contributed by atoms with Crippen LogP contribution in [0.15, 0.2) is 22.0 Å². The molecule has 2 aromatic rings. The van der Waals surface area contributed by atoms with Gasteiger partial charge in [-0.2, -0.15) is 4.98 Å². The zero-order valence-electron chi connectivity index (χ0n) is 12.7. The summed E-state index contributed by atoms with van der Waals surface area (Å²) in [7, 11) is 0. The van der Waals surface area contributed by atoms with Crippen molar-refractivity contribution in [3.63, 3.8) is 0 Å². The minimum absolute atomic E-state index is 0.165. The van der Waals surface area contributed by atoms with Crippen molar-refractivity contribution >= 4 is 23.2 Å². The molecule has 1 fully saturated rings. The van der Waals surface area contributed by atoms with Gasteiger partial charge in [0.25, 0.3) is 0 Å². The predicted octanol–water partition coefficient (Wildman–Crippen LogP) is 1.89. The molecule has 0 unspecified atom stereocenters. The van der Waals surface area contributed by atoms with Crippen LogP contribution in [0.3, 0.4) is 0 Å². The summed E-state index contributed by atoms with van der Waals surface area (Å²) in [6.07, 6.45) is 2.37. The highest BCUT2D eigenvalue weighted by Gasteiger charge is 2.28. The lowest BCUT2D eigenvalue weighted by atomic mass is 10.1. The second-order valence-corrected chi connectivity index (χ2v) is 6.55. The lowest BCUT2D eigenvalue weighted by Crippen LogP contribution is -2.32. The van der Waals surface area contributed by atoms with E-state index in [1.54, 1.807) is 0 Å². The van der Waals surface area contributed by atoms with Crippen molar-refractivity contribution in [2.24, 2.45) is 0 Å². The molecule has 2 aromatic heterocycles. The number of carbonyl (C=O) groups is 2. The summed E-state index contributed by atoms with van der Waals surface area (Å²) in [6, 6.07) is 3.47. The molecular weight excluding hydrogens is 316 g/mol. The highest BCUT2D eigenvalue weighted by Crippen LogP contribution is 2.38. The van der Waals surface area contributed by atoms with Gasteiger partial charge in [0, 0.05) is 17.7 Å². The van der Waals surface area contributed by atoms with Crippen LogP contribution in [0.2, 0.25) is 0 Å². The molecule has 1 aliphatic carbocycles. The van der Waals surface area contributed by atoms with E-state index in [1.807, 2.05) is 17.5 Å². The number of nitrogens with zero attached hydrogens (tertiary/aromatic N) is 2. The maximum Gasteiger partial charge on any atom is 0.246 e. The molecule has 0 saturated heterocycles. The molecule has 0 radical (unpaired) electrons. The summed E-state index contributed by atoms with van der Waals surface area (Å²) in [5.41, 5.74) is 0. The van der Waals surface area contributed by atoms with Crippen LogP contribution in [0, 0.1) is 0 Å². The van der Waals surface area contributed by atoms with Gasteiger partial charge < -0.3 is 15.2 Å². The third kappa shape index (κ3) is 4.38. The molecular formula is C15H18N4O3S. The number of hydrogen-bond acceptors (Lipinski definition) is 6. The fourth-order valence-electron chi connectivity index (χ4n) is 2.24. The van der Waals surface area contributed by atoms with E-state index in [1.165, 1.54) is 18.3 Å². The van der Waals surface area contributed by atoms with E-state index < -0.39 is 0 Å². The highest BCUT2D eigenvalue weighted by molar-refractivity contribution is 7.10. The Morgan fingerprint density at radius 1 is 1.48 bits per heavy atom. The third-order valence-corrected chi connectivity index (χ3v) is 4.50. The summed E-state index contributed by atoms with van der Waals surface area (Å²) in [5.74, 6) is 1.22. The van der Waals surface area contributed by atoms with Gasteiger partial charge in [0.15, 0.2) is 5.82 Å². The Morgan fingerprint density at radius 3 is 2.96 bits per heavy atom. The van der Waals surface area contributed by atoms with Crippen molar-refractivity contribution in [1.29, 1.82) is 0 Å². The Bertz CT molecular complexity index is 679. The summed E-state index contributed by atoms with van der Waals surface area (Å²) in [6.45, 7) is 1.64. The quantitative estimate of drug-likeness (QED) is 0.806. The molecule has 1 saturated carbocycles. The van der Waals surface area contributed by atoms with Crippen molar-refractivity contribution in [1.82, 2.24) is 20.8 Å². The number of amides is 2. The summed E-state index contributed by atoms with van der Waals surface area (Å²) in [5, 5.41) is 11.4. The van der Waals surface area contributed by atoms with Gasteiger partial charge >= 0.3 is 0 Å². The van der Waals surface area contributed by atoms with E-state index in [0.29, 0.717) is 11.8 Å². The largest absolute Gasteiger partial charge is 0.348 e. The van der Waals surface area contributed by atoms with E-state index in [9.17, 15) is 9.59 Å². The van der Waals surface area contributed by atoms with Crippen LogP contribution in [-0.2, 0) is 16.1 Å². The van der Waals surface area contributed by atoms with Crippen LogP contribution in [0.25, 0.3) is 0 Å². The Labute approximate surface area is 137 Å². The molecule has 0 bridgehead atoms. The lowest BCUT2D eigenvalue weighted by Gasteiger charge is -2.15. The molecule has 23 heavy (non-hydrogen) atoms. The van der Waals surface area contributed by atoms with Gasteiger partial charge in [0.05, 0.1) is 19.0 Å². The zero-order valence-corrected chi connectivity index (χ0v) is 13.6. The highest BCUT2D eigenvalue weighted by atomic mass is 32.1. The third-order valence-electron chi connectivity index (χ3n) is 3.52. The standard InChI is InChI=1S/C15H18N4O3S/c1-9(20)17-11(12-3-2-6-23-12)7-13(21)16-8-14-18-15(19-22-14)10-4-5-10/h2-3,6,10-11H,4-5,7-8H2,1H3,(H,16,21)(H,17,20)/t11-/m1/s1. The molecule has 0 spiro atoms. The normalized spacial score (nSPS) is 15.2. The first-order valence-corrected chi connectivity index (χ1v) is 8.39. The molecule has 3 rings (SSSR count). The Morgan fingerprint density at radius 2 is 2.30 bits per heavy atom. The molecule has 0 aliphatic heterocycles. The fourth-order valence-corrected chi connectivity index (χ4v) is 3.01. The molecule has 1 atom stereocenters. The van der Waals surface area contributed by atoms with E-state index in [0.717, 1.165) is 23.5 Å². The van der Waals surface area contributed by atoms with Crippen LogP contribution in [0.5, 0.6) is 0 Å². The molecule has 122 valence electrons. The second kappa shape index (κ2) is 6.91. The monoisotopic (exact) mass is 334 g/mol. The molecule has 8 heteroatoms. The number of aromatic nitrogens is 2. The van der Waals surface area contributed by atoms with Crippen LogP contribution >= 0.6 is 11.3 Å². The summed E-state index contributed by atoms with van der Waals surface area (Å²) < 4.78 is 5.11. The van der Waals surface area contributed by atoms with Crippen molar-refractivity contribution in [3.8, 4) is 0 Å². The molecule has 1 aliphatic rings. The van der Waals surface area contributed by atoms with Crippen molar-refractivity contribution in [3.05, 3.63) is 34.1 Å². The van der Waals surface area contributed by atoms with Crippen molar-refractivity contribution in [2.45, 2.75) is 44.7 Å². The van der Waals surface area contributed by atoms with Crippen LogP contribution in [-0.4, -0.2) is 22.0 Å². The van der Waals surface area contributed by atoms with Crippen molar-refractivity contribution < 1.29 is 14.1 Å². The minimum Gasteiger partial charge on any atom is -0.348 e. The fraction of sp³-hybridized carbons (Fsp3) is 0.467. The smallest absolute Gasteiger partial charge is 0.246 e. The predicted molar refractivity (Wildman–Crippen MR) is 83.6 cm³/mol. The van der Waals surface area contributed by atoms with Gasteiger partial charge in [-0.15, -0.1) is 11.3 Å². The van der Waals surface area contributed by atoms with Crippen LogP contribution in [0.4, 0.5) is 0 Å². The molecule has 7 nitrogen and oxygen atoms in total. The minimum atomic E-state index is -0.322. The SMILES string of the molecule is CC(=O)N[C@H](CC(=O)NCc1nc(C2CC2)no1)c1cccs1. The maximum atomic E-state index is 12.1. The van der Waals surface area contributed by atoms with Crippen LogP contribution < -0.4 is 10.6 Å². The van der Waals surface area contributed by atoms with Gasteiger partial charge in [-0.3, -0.25) is 9.59 Å². The van der Waals surface area contributed by atoms with Gasteiger partial charge in [0.2, 0.25) is 17.7 Å². The second-order valence-electron chi connectivity index (χ2n) is 5.57. The van der Waals surface area contributed by atoms with E-state index in [-0.39, 0.29) is 30.8 Å². The summed E-state index contributed by atoms with van der Waals surface area (Å²) >= 11 is 1.51. The van der Waals surface area contributed by atoms with E-state index in [4.69, 9.17) is 4.52 Å². The Kier molecular flexibility index (Phi) is 4.71. The van der Waals surface area contributed by atoms with E-state index >= 15 is 0 Å². The number of rotatable bonds is 7. The Balaban J connectivity index is 1.52. The van der Waals surface area contributed by atoms with Gasteiger partial charge in [-0.25, -0.2) is 0 Å². The Hall–Kier alpha value is -2.22. The average Bonchev–Trinajstić information content (AvgIpc) is 3.03. The number of carbonyl (C=O) groups excluding carboxylic acids is 2. The molecule has 0 aromatic carbocycles. The molecule has 2 N–H and O–H groups in total. The molecule has 2 amide bonds. The number of nitrogens with one attached hydrogen (secondary N) is 2. The zero-order chi connectivity index (χ0) is 16.2. The lowest BCUT2D eigenvalue weighted by molar-refractivity contribution is -0.123. The van der Waals surface area contributed by atoms with Gasteiger partial charge in [-0.05, 0) is 24.3 Å². The van der Waals surface area contributed by atoms with Crippen molar-refractivity contribution in [2.75, 3.05) is 0 Å². The van der Waals surface area contributed by atoms with E-state index in [2.05, 4.69) is 20.8 Å². The first kappa shape index (κ1) is 15.7. The van der Waals surface area contributed by atoms with Gasteiger partial charge in [-0.1, -0.05) is 11.2 Å². The van der Waals surface area contributed by atoms with Gasteiger partial charge in [0.1, 0.15) is 0 Å². The first-order valence-electron chi connectivity index (χ1n) is 7.51. The summed E-state index contributed by atoms with van der Waals surface area (Å²) in [4.78, 5) is 28.6. The van der Waals surface area contributed by atoms with Crippen LogP contribution in [0.1, 0.15) is 54.7 Å². The topological polar surface area (TPSA) is 97.1 Å². The first-order chi connectivity index (χ1) is 11.1. The molecule has 2 heterocycles. The average molecular weight is 334 g/mol. The number of hydrogen-bond donors (Lipinski definition) is 2.